The third kappa shape index (κ3) is 3.81. The Bertz CT molecular complexity index is 584. The summed E-state index contributed by atoms with van der Waals surface area (Å²) in [5, 5.41) is 3.12. The largest absolute Gasteiger partial charge is 0.439 e. The molecular formula is C16H19BrN2O. The highest BCUT2D eigenvalue weighted by Gasteiger charge is 2.10. The fraction of sp³-hybridized carbons (Fsp3) is 0.312. The fourth-order valence-electron chi connectivity index (χ4n) is 2.00. The molecule has 1 aromatic heterocycles. The van der Waals surface area contributed by atoms with Gasteiger partial charge in [-0.15, -0.1) is 0 Å². The van der Waals surface area contributed by atoms with Crippen molar-refractivity contribution in [3.63, 3.8) is 0 Å². The molecule has 2 aromatic rings. The Kier molecular flexibility index (Phi) is 5.15. The molecule has 0 bridgehead atoms. The van der Waals surface area contributed by atoms with Gasteiger partial charge in [0.25, 0.3) is 0 Å². The van der Waals surface area contributed by atoms with Gasteiger partial charge in [-0.2, -0.15) is 0 Å². The van der Waals surface area contributed by atoms with E-state index < -0.39 is 0 Å². The van der Waals surface area contributed by atoms with E-state index in [1.807, 2.05) is 31.3 Å². The lowest BCUT2D eigenvalue weighted by Crippen LogP contribution is -2.05. The molecule has 0 aliphatic rings. The van der Waals surface area contributed by atoms with Gasteiger partial charge in [0.05, 0.1) is 0 Å². The Balaban J connectivity index is 2.27. The molecule has 0 saturated carbocycles. The van der Waals surface area contributed by atoms with Crippen LogP contribution in [0.2, 0.25) is 0 Å². The van der Waals surface area contributed by atoms with E-state index in [-0.39, 0.29) is 0 Å². The lowest BCUT2D eigenvalue weighted by atomic mass is 10.0. The molecular weight excluding hydrogens is 316 g/mol. The zero-order chi connectivity index (χ0) is 14.5. The molecule has 0 spiro atoms. The van der Waals surface area contributed by atoms with Crippen LogP contribution in [0.4, 0.5) is 0 Å². The Morgan fingerprint density at radius 2 is 2.05 bits per heavy atom. The number of nitrogens with one attached hydrogen (secondary N) is 1. The van der Waals surface area contributed by atoms with Gasteiger partial charge in [-0.05, 0) is 48.4 Å². The Morgan fingerprint density at radius 3 is 2.75 bits per heavy atom. The standard InChI is InChI=1S/C16H19BrN2O/c1-11(2)14-9-13(17)4-5-15(14)20-16-8-12(10-18-3)6-7-19-16/h4-9,11,18H,10H2,1-3H3. The van der Waals surface area contributed by atoms with Crippen molar-refractivity contribution in [1.29, 1.82) is 0 Å². The van der Waals surface area contributed by atoms with Crippen LogP contribution < -0.4 is 10.1 Å². The molecule has 1 heterocycles. The minimum absolute atomic E-state index is 0.392. The van der Waals surface area contributed by atoms with Crippen LogP contribution in [0.5, 0.6) is 11.6 Å². The van der Waals surface area contributed by atoms with Gasteiger partial charge in [-0.3, -0.25) is 0 Å². The van der Waals surface area contributed by atoms with Crippen molar-refractivity contribution >= 4 is 15.9 Å². The third-order valence-corrected chi connectivity index (χ3v) is 3.48. The molecule has 0 aliphatic heterocycles. The van der Waals surface area contributed by atoms with Crippen LogP contribution in [-0.4, -0.2) is 12.0 Å². The molecule has 1 aromatic carbocycles. The second kappa shape index (κ2) is 6.86. The Morgan fingerprint density at radius 1 is 1.25 bits per heavy atom. The summed E-state index contributed by atoms with van der Waals surface area (Å²) in [6, 6.07) is 10.00. The van der Waals surface area contributed by atoms with Gasteiger partial charge in [-0.1, -0.05) is 29.8 Å². The van der Waals surface area contributed by atoms with Gasteiger partial charge < -0.3 is 10.1 Å². The van der Waals surface area contributed by atoms with E-state index in [9.17, 15) is 0 Å². The van der Waals surface area contributed by atoms with Crippen LogP contribution in [-0.2, 0) is 6.54 Å². The second-order valence-corrected chi connectivity index (χ2v) is 5.89. The van der Waals surface area contributed by atoms with Crippen molar-refractivity contribution in [2.45, 2.75) is 26.3 Å². The van der Waals surface area contributed by atoms with E-state index in [2.05, 4.69) is 46.1 Å². The summed E-state index contributed by atoms with van der Waals surface area (Å²) < 4.78 is 7.01. The van der Waals surface area contributed by atoms with Crippen LogP contribution in [0.25, 0.3) is 0 Å². The first-order valence-corrected chi connectivity index (χ1v) is 7.46. The van der Waals surface area contributed by atoms with E-state index in [1.54, 1.807) is 6.20 Å². The van der Waals surface area contributed by atoms with Gasteiger partial charge in [0.1, 0.15) is 5.75 Å². The number of pyridine rings is 1. The van der Waals surface area contributed by atoms with Crippen molar-refractivity contribution in [3.8, 4) is 11.6 Å². The third-order valence-electron chi connectivity index (χ3n) is 2.99. The first-order valence-electron chi connectivity index (χ1n) is 6.67. The number of rotatable bonds is 5. The molecule has 1 N–H and O–H groups in total. The molecule has 0 unspecified atom stereocenters. The Hall–Kier alpha value is -1.39. The summed E-state index contributed by atoms with van der Waals surface area (Å²) in [5.41, 5.74) is 2.32. The highest BCUT2D eigenvalue weighted by molar-refractivity contribution is 9.10. The summed E-state index contributed by atoms with van der Waals surface area (Å²) in [5.74, 6) is 1.88. The minimum Gasteiger partial charge on any atom is -0.439 e. The molecule has 0 radical (unpaired) electrons. The number of hydrogen-bond donors (Lipinski definition) is 1. The highest BCUT2D eigenvalue weighted by atomic mass is 79.9. The van der Waals surface area contributed by atoms with E-state index in [1.165, 1.54) is 5.56 Å². The van der Waals surface area contributed by atoms with Gasteiger partial charge in [0, 0.05) is 23.3 Å². The van der Waals surface area contributed by atoms with Crippen LogP contribution in [0.1, 0.15) is 30.9 Å². The first-order chi connectivity index (χ1) is 9.60. The number of hydrogen-bond acceptors (Lipinski definition) is 3. The van der Waals surface area contributed by atoms with Gasteiger partial charge in [0.15, 0.2) is 0 Å². The maximum absolute atomic E-state index is 5.95. The van der Waals surface area contributed by atoms with Crippen LogP contribution in [0, 0.1) is 0 Å². The maximum atomic E-state index is 5.95. The zero-order valence-electron chi connectivity index (χ0n) is 12.0. The van der Waals surface area contributed by atoms with E-state index >= 15 is 0 Å². The van der Waals surface area contributed by atoms with Crippen molar-refractivity contribution in [1.82, 2.24) is 10.3 Å². The molecule has 106 valence electrons. The quantitative estimate of drug-likeness (QED) is 0.875. The topological polar surface area (TPSA) is 34.2 Å². The van der Waals surface area contributed by atoms with Crippen LogP contribution in [0.15, 0.2) is 41.0 Å². The smallest absolute Gasteiger partial charge is 0.219 e. The van der Waals surface area contributed by atoms with Crippen LogP contribution in [0.3, 0.4) is 0 Å². The van der Waals surface area contributed by atoms with Gasteiger partial charge >= 0.3 is 0 Å². The number of ether oxygens (including phenoxy) is 1. The monoisotopic (exact) mass is 334 g/mol. The summed E-state index contributed by atoms with van der Waals surface area (Å²) >= 11 is 3.50. The summed E-state index contributed by atoms with van der Waals surface area (Å²) in [6.07, 6.45) is 1.77. The van der Waals surface area contributed by atoms with Crippen molar-refractivity contribution in [2.24, 2.45) is 0 Å². The summed E-state index contributed by atoms with van der Waals surface area (Å²) in [6.45, 7) is 5.11. The summed E-state index contributed by atoms with van der Waals surface area (Å²) in [4.78, 5) is 4.28. The summed E-state index contributed by atoms with van der Waals surface area (Å²) in [7, 11) is 1.92. The van der Waals surface area contributed by atoms with E-state index in [4.69, 9.17) is 4.74 Å². The molecule has 4 heteroatoms. The first kappa shape index (κ1) is 15.0. The fourth-order valence-corrected chi connectivity index (χ4v) is 2.38. The molecule has 0 fully saturated rings. The zero-order valence-corrected chi connectivity index (χ0v) is 13.6. The number of nitrogens with zero attached hydrogens (tertiary/aromatic N) is 1. The average Bonchev–Trinajstić information content (AvgIpc) is 2.41. The van der Waals surface area contributed by atoms with Crippen LogP contribution >= 0.6 is 15.9 Å². The van der Waals surface area contributed by atoms with Crippen molar-refractivity contribution in [2.75, 3.05) is 7.05 Å². The van der Waals surface area contributed by atoms with Crippen molar-refractivity contribution in [3.05, 3.63) is 52.1 Å². The molecule has 3 nitrogen and oxygen atoms in total. The predicted molar refractivity (Wildman–Crippen MR) is 85.3 cm³/mol. The van der Waals surface area contributed by atoms with Crippen molar-refractivity contribution < 1.29 is 4.74 Å². The van der Waals surface area contributed by atoms with Gasteiger partial charge in [0.2, 0.25) is 5.88 Å². The minimum atomic E-state index is 0.392. The highest BCUT2D eigenvalue weighted by Crippen LogP contribution is 2.32. The van der Waals surface area contributed by atoms with E-state index in [0.29, 0.717) is 11.8 Å². The Labute approximate surface area is 128 Å². The molecule has 0 atom stereocenters. The van der Waals surface area contributed by atoms with Gasteiger partial charge in [-0.25, -0.2) is 4.98 Å². The number of aromatic nitrogens is 1. The second-order valence-electron chi connectivity index (χ2n) is 4.97. The van der Waals surface area contributed by atoms with E-state index in [0.717, 1.165) is 22.3 Å². The lowest BCUT2D eigenvalue weighted by molar-refractivity contribution is 0.453. The number of halogens is 1. The SMILES string of the molecule is CNCc1ccnc(Oc2ccc(Br)cc2C(C)C)c1. The predicted octanol–water partition coefficient (Wildman–Crippen LogP) is 4.48. The molecule has 0 amide bonds. The molecule has 20 heavy (non-hydrogen) atoms. The average molecular weight is 335 g/mol. The normalized spacial score (nSPS) is 10.8. The lowest BCUT2D eigenvalue weighted by Gasteiger charge is -2.14. The number of benzene rings is 1. The molecule has 0 saturated heterocycles. The molecule has 0 aliphatic carbocycles. The molecule has 2 rings (SSSR count). The maximum Gasteiger partial charge on any atom is 0.219 e.